The number of nitrogens with zero attached hydrogens (tertiary/aromatic N) is 4. The van der Waals surface area contributed by atoms with Crippen molar-refractivity contribution < 1.29 is 8.81 Å². The first-order valence-electron chi connectivity index (χ1n) is 8.36. The fraction of sp³-hybridized carbons (Fsp3) is 0.444. The van der Waals surface area contributed by atoms with Gasteiger partial charge < -0.3 is 9.32 Å². The minimum atomic E-state index is -0.156. The molecule has 6 heteroatoms. The number of nitriles is 1. The Bertz CT molecular complexity index is 770. The normalized spacial score (nSPS) is 18.6. The Morgan fingerprint density at radius 2 is 1.96 bits per heavy atom. The molecule has 0 N–H and O–H groups in total. The van der Waals surface area contributed by atoms with Crippen LogP contribution in [0.15, 0.2) is 28.7 Å². The number of oxazole rings is 1. The van der Waals surface area contributed by atoms with E-state index in [1.807, 2.05) is 12.1 Å². The third-order valence-electron chi connectivity index (χ3n) is 4.67. The molecule has 0 radical (unpaired) electrons. The van der Waals surface area contributed by atoms with E-state index in [1.54, 1.807) is 6.07 Å². The number of anilines is 1. The maximum Gasteiger partial charge on any atom is 0.234 e. The van der Waals surface area contributed by atoms with Crippen molar-refractivity contribution in [1.82, 2.24) is 9.88 Å². The molecule has 0 amide bonds. The minimum Gasteiger partial charge on any atom is -0.423 e. The van der Waals surface area contributed by atoms with E-state index in [4.69, 9.17) is 4.42 Å². The zero-order valence-corrected chi connectivity index (χ0v) is 13.4. The Morgan fingerprint density at radius 3 is 2.62 bits per heavy atom. The Balaban J connectivity index is 1.41. The van der Waals surface area contributed by atoms with E-state index in [9.17, 15) is 9.65 Å². The first kappa shape index (κ1) is 15.2. The Hall–Kier alpha value is -2.39. The van der Waals surface area contributed by atoms with E-state index >= 15 is 0 Å². The average molecular weight is 326 g/mol. The van der Waals surface area contributed by atoms with Gasteiger partial charge in [-0.3, -0.25) is 4.90 Å². The molecule has 1 saturated carbocycles. The summed E-state index contributed by atoms with van der Waals surface area (Å²) in [6.45, 7) is 3.72. The number of piperazine rings is 1. The van der Waals surface area contributed by atoms with Gasteiger partial charge in [0.2, 0.25) is 17.5 Å². The van der Waals surface area contributed by atoms with Crippen LogP contribution in [0.4, 0.5) is 10.3 Å². The highest BCUT2D eigenvalue weighted by atomic mass is 19.1. The topological polar surface area (TPSA) is 56.3 Å². The van der Waals surface area contributed by atoms with Crippen molar-refractivity contribution in [3.63, 3.8) is 0 Å². The number of aromatic nitrogens is 1. The van der Waals surface area contributed by atoms with Crippen LogP contribution in [0.3, 0.4) is 0 Å². The molecule has 0 bridgehead atoms. The third-order valence-corrected chi connectivity index (χ3v) is 4.67. The second-order valence-electron chi connectivity index (χ2n) is 6.45. The predicted molar refractivity (Wildman–Crippen MR) is 87.1 cm³/mol. The lowest BCUT2D eigenvalue weighted by molar-refractivity contribution is 0.242. The molecule has 24 heavy (non-hydrogen) atoms. The van der Waals surface area contributed by atoms with E-state index < -0.39 is 0 Å². The summed E-state index contributed by atoms with van der Waals surface area (Å²) in [4.78, 5) is 8.63. The van der Waals surface area contributed by atoms with E-state index in [0.29, 0.717) is 29.9 Å². The first-order chi connectivity index (χ1) is 11.7. The summed E-state index contributed by atoms with van der Waals surface area (Å²) in [5, 5.41) is 9.29. The highest BCUT2D eigenvalue weighted by molar-refractivity contribution is 5.48. The van der Waals surface area contributed by atoms with Gasteiger partial charge in [0.25, 0.3) is 0 Å². The molecule has 2 aromatic rings. The fourth-order valence-electron chi connectivity index (χ4n) is 3.10. The summed E-state index contributed by atoms with van der Waals surface area (Å²) >= 11 is 0. The van der Waals surface area contributed by atoms with Crippen LogP contribution in [0.2, 0.25) is 0 Å². The summed E-state index contributed by atoms with van der Waals surface area (Å²) in [5.41, 5.74) is 1.11. The number of benzene rings is 1. The lowest BCUT2D eigenvalue weighted by Gasteiger charge is -2.34. The lowest BCUT2D eigenvalue weighted by atomic mass is 10.2. The molecule has 2 fully saturated rings. The maximum absolute atomic E-state index is 13.8. The Kier molecular flexibility index (Phi) is 3.95. The molecule has 1 saturated heterocycles. The largest absolute Gasteiger partial charge is 0.423 e. The van der Waals surface area contributed by atoms with Crippen molar-refractivity contribution in [2.45, 2.75) is 25.3 Å². The van der Waals surface area contributed by atoms with Crippen molar-refractivity contribution in [3.8, 4) is 6.07 Å². The summed E-state index contributed by atoms with van der Waals surface area (Å²) < 4.78 is 19.6. The second-order valence-corrected chi connectivity index (χ2v) is 6.45. The smallest absolute Gasteiger partial charge is 0.234 e. The van der Waals surface area contributed by atoms with Crippen LogP contribution >= 0.6 is 0 Å². The molecule has 1 aliphatic carbocycles. The molecule has 0 unspecified atom stereocenters. The van der Waals surface area contributed by atoms with Crippen LogP contribution < -0.4 is 4.90 Å². The highest BCUT2D eigenvalue weighted by Crippen LogP contribution is 2.41. The molecule has 1 aromatic heterocycles. The van der Waals surface area contributed by atoms with Crippen molar-refractivity contribution in [1.29, 1.82) is 5.26 Å². The van der Waals surface area contributed by atoms with Gasteiger partial charge in [0.1, 0.15) is 11.9 Å². The molecule has 0 spiro atoms. The number of hydrogen-bond acceptors (Lipinski definition) is 5. The summed E-state index contributed by atoms with van der Waals surface area (Å²) in [6.07, 6.45) is 2.20. The molecule has 124 valence electrons. The Morgan fingerprint density at radius 1 is 1.21 bits per heavy atom. The SMILES string of the molecule is N#Cc1nc(C2CC2)oc1N1CCN(Cc2ccccc2F)CC1. The maximum atomic E-state index is 13.8. The van der Waals surface area contributed by atoms with Gasteiger partial charge >= 0.3 is 0 Å². The van der Waals surface area contributed by atoms with Crippen LogP contribution in [0.5, 0.6) is 0 Å². The molecule has 1 aliphatic heterocycles. The van der Waals surface area contributed by atoms with Crippen molar-refractivity contribution in [2.75, 3.05) is 31.1 Å². The first-order valence-corrected chi connectivity index (χ1v) is 8.36. The van der Waals surface area contributed by atoms with Crippen LogP contribution in [-0.4, -0.2) is 36.1 Å². The summed E-state index contributed by atoms with van der Waals surface area (Å²) in [6, 6.07) is 9.04. The van der Waals surface area contributed by atoms with Gasteiger partial charge in [-0.05, 0) is 18.9 Å². The van der Waals surface area contributed by atoms with Gasteiger partial charge in [0.05, 0.1) is 0 Å². The molecule has 2 heterocycles. The lowest BCUT2D eigenvalue weighted by Crippen LogP contribution is -2.46. The highest BCUT2D eigenvalue weighted by Gasteiger charge is 2.32. The van der Waals surface area contributed by atoms with Gasteiger partial charge in [-0.1, -0.05) is 18.2 Å². The van der Waals surface area contributed by atoms with Crippen LogP contribution in [0.1, 0.15) is 35.9 Å². The van der Waals surface area contributed by atoms with Gasteiger partial charge in [0, 0.05) is 44.2 Å². The molecule has 4 rings (SSSR count). The van der Waals surface area contributed by atoms with Crippen LogP contribution in [0.25, 0.3) is 0 Å². The molecule has 0 atom stereocenters. The minimum absolute atomic E-state index is 0.156. The molecular weight excluding hydrogens is 307 g/mol. The van der Waals surface area contributed by atoms with Gasteiger partial charge in [-0.15, -0.1) is 0 Å². The monoisotopic (exact) mass is 326 g/mol. The third kappa shape index (κ3) is 3.00. The van der Waals surface area contributed by atoms with E-state index in [-0.39, 0.29) is 5.82 Å². The molecule has 2 aliphatic rings. The van der Waals surface area contributed by atoms with Crippen molar-refractivity contribution >= 4 is 5.88 Å². The van der Waals surface area contributed by atoms with Gasteiger partial charge in [0.15, 0.2) is 0 Å². The summed E-state index contributed by atoms with van der Waals surface area (Å²) in [5.74, 6) is 1.55. The van der Waals surface area contributed by atoms with Crippen LogP contribution in [-0.2, 0) is 6.54 Å². The van der Waals surface area contributed by atoms with Crippen molar-refractivity contribution in [3.05, 3.63) is 47.2 Å². The predicted octanol–water partition coefficient (Wildman–Crippen LogP) is 2.88. The Labute approximate surface area is 140 Å². The number of rotatable bonds is 4. The average Bonchev–Trinajstić information content (AvgIpc) is 3.37. The number of hydrogen-bond donors (Lipinski definition) is 0. The summed E-state index contributed by atoms with van der Waals surface area (Å²) in [7, 11) is 0. The molecule has 1 aromatic carbocycles. The number of halogens is 1. The fourth-order valence-corrected chi connectivity index (χ4v) is 3.10. The van der Waals surface area contributed by atoms with E-state index in [2.05, 4.69) is 20.9 Å². The van der Waals surface area contributed by atoms with Gasteiger partial charge in [-0.2, -0.15) is 5.26 Å². The standard InChI is InChI=1S/C18H19FN4O/c19-15-4-2-1-3-14(15)12-22-7-9-23(10-8-22)18-16(11-20)21-17(24-18)13-5-6-13/h1-4,13H,5-10,12H2. The van der Waals surface area contributed by atoms with E-state index in [0.717, 1.165) is 44.6 Å². The quantitative estimate of drug-likeness (QED) is 0.865. The van der Waals surface area contributed by atoms with Crippen molar-refractivity contribution in [2.24, 2.45) is 0 Å². The molecular formula is C18H19FN4O. The van der Waals surface area contributed by atoms with Gasteiger partial charge in [-0.25, -0.2) is 9.37 Å². The zero-order chi connectivity index (χ0) is 16.5. The zero-order valence-electron chi connectivity index (χ0n) is 13.4. The van der Waals surface area contributed by atoms with Crippen LogP contribution in [0, 0.1) is 17.1 Å². The second kappa shape index (κ2) is 6.25. The molecule has 5 nitrogen and oxygen atoms in total. The van der Waals surface area contributed by atoms with E-state index in [1.165, 1.54) is 6.07 Å².